The van der Waals surface area contributed by atoms with E-state index < -0.39 is 6.17 Å². The Morgan fingerprint density at radius 3 is 2.93 bits per heavy atom. The molecule has 0 bridgehead atoms. The first-order chi connectivity index (χ1) is 7.22. The average Bonchev–Trinajstić information content (AvgIpc) is 2.57. The number of para-hydroxylation sites is 1. The molecule has 1 atom stereocenters. The number of alkyl halides is 1. The third kappa shape index (κ3) is 1.85. The molecule has 15 heavy (non-hydrogen) atoms. The van der Waals surface area contributed by atoms with E-state index in [-0.39, 0.29) is 13.0 Å². The number of hydrogen-bond acceptors (Lipinski definition) is 2. The Labute approximate surface area is 87.7 Å². The van der Waals surface area contributed by atoms with Crippen LogP contribution in [0.5, 0.6) is 0 Å². The van der Waals surface area contributed by atoms with E-state index >= 15 is 0 Å². The van der Waals surface area contributed by atoms with Gasteiger partial charge in [-0.1, -0.05) is 18.2 Å². The lowest BCUT2D eigenvalue weighted by molar-refractivity contribution is 0.338. The van der Waals surface area contributed by atoms with Gasteiger partial charge < -0.3 is 5.73 Å². The van der Waals surface area contributed by atoms with Gasteiger partial charge in [0.15, 0.2) is 0 Å². The lowest BCUT2D eigenvalue weighted by Crippen LogP contribution is -2.18. The zero-order valence-electron chi connectivity index (χ0n) is 8.65. The van der Waals surface area contributed by atoms with Gasteiger partial charge in [0.2, 0.25) is 0 Å². The summed E-state index contributed by atoms with van der Waals surface area (Å²) in [7, 11) is 1.86. The van der Waals surface area contributed by atoms with Gasteiger partial charge in [-0.15, -0.1) is 0 Å². The monoisotopic (exact) mass is 207 g/mol. The van der Waals surface area contributed by atoms with Gasteiger partial charge in [-0.25, -0.2) is 4.39 Å². The molecule has 0 radical (unpaired) electrons. The summed E-state index contributed by atoms with van der Waals surface area (Å²) >= 11 is 0. The Hall–Kier alpha value is -1.42. The Morgan fingerprint density at radius 2 is 2.20 bits per heavy atom. The number of nitrogens with two attached hydrogens (primary N) is 1. The molecule has 2 aromatic rings. The van der Waals surface area contributed by atoms with Crippen molar-refractivity contribution < 1.29 is 4.39 Å². The van der Waals surface area contributed by atoms with Crippen molar-refractivity contribution in [2.45, 2.75) is 12.6 Å². The van der Waals surface area contributed by atoms with Crippen molar-refractivity contribution in [3.8, 4) is 0 Å². The quantitative estimate of drug-likeness (QED) is 0.827. The molecular formula is C11H14FN3. The van der Waals surface area contributed by atoms with Crippen LogP contribution in [0.3, 0.4) is 0 Å². The fourth-order valence-electron chi connectivity index (χ4n) is 1.73. The van der Waals surface area contributed by atoms with Crippen LogP contribution < -0.4 is 5.73 Å². The third-order valence-corrected chi connectivity index (χ3v) is 2.50. The molecule has 0 aliphatic heterocycles. The molecule has 0 amide bonds. The number of hydrogen-bond donors (Lipinski definition) is 1. The number of aromatic nitrogens is 2. The zero-order valence-corrected chi connectivity index (χ0v) is 8.65. The van der Waals surface area contributed by atoms with Crippen molar-refractivity contribution in [1.29, 1.82) is 0 Å². The van der Waals surface area contributed by atoms with Crippen LogP contribution in [0.25, 0.3) is 10.9 Å². The molecule has 0 fully saturated rings. The molecule has 0 saturated heterocycles. The largest absolute Gasteiger partial charge is 0.328 e. The molecule has 0 spiro atoms. The summed E-state index contributed by atoms with van der Waals surface area (Å²) in [6.45, 7) is 0.0465. The van der Waals surface area contributed by atoms with E-state index in [4.69, 9.17) is 5.73 Å². The predicted molar refractivity (Wildman–Crippen MR) is 58.4 cm³/mol. The van der Waals surface area contributed by atoms with E-state index in [2.05, 4.69) is 5.10 Å². The van der Waals surface area contributed by atoms with E-state index in [1.807, 2.05) is 31.3 Å². The van der Waals surface area contributed by atoms with Crippen LogP contribution in [0.1, 0.15) is 5.69 Å². The first-order valence-electron chi connectivity index (χ1n) is 4.97. The Kier molecular flexibility index (Phi) is 2.68. The molecule has 0 saturated carbocycles. The van der Waals surface area contributed by atoms with Crippen LogP contribution in [0.2, 0.25) is 0 Å². The van der Waals surface area contributed by atoms with Crippen LogP contribution in [-0.4, -0.2) is 22.5 Å². The number of aryl methyl sites for hydroxylation is 1. The molecule has 4 heteroatoms. The van der Waals surface area contributed by atoms with Gasteiger partial charge in [-0.3, -0.25) is 4.68 Å². The van der Waals surface area contributed by atoms with E-state index in [0.29, 0.717) is 0 Å². The average molecular weight is 207 g/mol. The standard InChI is InChI=1S/C11H14FN3/c1-15-11-5-3-2-4-9(11)10(14-15)6-8(12)7-13/h2-5,8H,6-7,13H2,1H3. The van der Waals surface area contributed by atoms with Gasteiger partial charge >= 0.3 is 0 Å². The zero-order chi connectivity index (χ0) is 10.8. The second-order valence-corrected chi connectivity index (χ2v) is 3.62. The van der Waals surface area contributed by atoms with Gasteiger partial charge in [0, 0.05) is 25.4 Å². The Morgan fingerprint density at radius 1 is 1.47 bits per heavy atom. The maximum Gasteiger partial charge on any atom is 0.118 e. The number of nitrogens with zero attached hydrogens (tertiary/aromatic N) is 2. The summed E-state index contributed by atoms with van der Waals surface area (Å²) < 4.78 is 15.0. The minimum Gasteiger partial charge on any atom is -0.328 e. The highest BCUT2D eigenvalue weighted by atomic mass is 19.1. The molecule has 1 aromatic heterocycles. The number of halogens is 1. The van der Waals surface area contributed by atoms with Gasteiger partial charge in [-0.05, 0) is 6.07 Å². The molecule has 2 N–H and O–H groups in total. The lowest BCUT2D eigenvalue weighted by Gasteiger charge is -2.01. The summed E-state index contributed by atoms with van der Waals surface area (Å²) in [5.41, 5.74) is 7.07. The minimum atomic E-state index is -1.01. The van der Waals surface area contributed by atoms with Crippen LogP contribution in [0.15, 0.2) is 24.3 Å². The van der Waals surface area contributed by atoms with Gasteiger partial charge in [0.1, 0.15) is 6.17 Å². The van der Waals surface area contributed by atoms with E-state index in [1.165, 1.54) is 0 Å². The smallest absolute Gasteiger partial charge is 0.118 e. The molecular weight excluding hydrogens is 193 g/mol. The molecule has 0 aliphatic rings. The molecule has 1 unspecified atom stereocenters. The molecule has 3 nitrogen and oxygen atoms in total. The van der Waals surface area contributed by atoms with Crippen molar-refractivity contribution in [2.24, 2.45) is 12.8 Å². The van der Waals surface area contributed by atoms with Gasteiger partial charge in [0.25, 0.3) is 0 Å². The van der Waals surface area contributed by atoms with E-state index in [1.54, 1.807) is 4.68 Å². The molecule has 0 aliphatic carbocycles. The van der Waals surface area contributed by atoms with E-state index in [9.17, 15) is 4.39 Å². The lowest BCUT2D eigenvalue weighted by atomic mass is 10.1. The third-order valence-electron chi connectivity index (χ3n) is 2.50. The van der Waals surface area contributed by atoms with Crippen molar-refractivity contribution in [2.75, 3.05) is 6.54 Å². The summed E-state index contributed by atoms with van der Waals surface area (Å²) in [6, 6.07) is 7.81. The van der Waals surface area contributed by atoms with Crippen molar-refractivity contribution in [1.82, 2.24) is 9.78 Å². The summed E-state index contributed by atoms with van der Waals surface area (Å²) in [5, 5.41) is 5.31. The molecule has 80 valence electrons. The minimum absolute atomic E-state index is 0.0465. The van der Waals surface area contributed by atoms with Crippen molar-refractivity contribution >= 4 is 10.9 Å². The SMILES string of the molecule is Cn1nc(CC(F)CN)c2ccccc21. The number of rotatable bonds is 3. The highest BCUT2D eigenvalue weighted by molar-refractivity contribution is 5.81. The predicted octanol–water partition coefficient (Wildman–Crippen LogP) is 1.41. The Bertz CT molecular complexity index is 464. The van der Waals surface area contributed by atoms with E-state index in [0.717, 1.165) is 16.6 Å². The summed E-state index contributed by atoms with van der Waals surface area (Å²) in [5.74, 6) is 0. The summed E-state index contributed by atoms with van der Waals surface area (Å²) in [6.07, 6.45) is -0.721. The van der Waals surface area contributed by atoms with Gasteiger partial charge in [-0.2, -0.15) is 5.10 Å². The molecule has 2 rings (SSSR count). The second kappa shape index (κ2) is 3.98. The maximum absolute atomic E-state index is 13.2. The molecule has 1 aromatic carbocycles. The highest BCUT2D eigenvalue weighted by Crippen LogP contribution is 2.18. The Balaban J connectivity index is 2.43. The van der Waals surface area contributed by atoms with Crippen molar-refractivity contribution in [3.05, 3.63) is 30.0 Å². The van der Waals surface area contributed by atoms with Crippen LogP contribution in [-0.2, 0) is 13.5 Å². The first-order valence-corrected chi connectivity index (χ1v) is 4.97. The topological polar surface area (TPSA) is 43.8 Å². The first kappa shape index (κ1) is 10.1. The maximum atomic E-state index is 13.2. The van der Waals surface area contributed by atoms with Crippen LogP contribution in [0.4, 0.5) is 4.39 Å². The van der Waals surface area contributed by atoms with Crippen LogP contribution in [0, 0.1) is 0 Å². The number of fused-ring (bicyclic) bond motifs is 1. The molecule has 1 heterocycles. The second-order valence-electron chi connectivity index (χ2n) is 3.62. The van der Waals surface area contributed by atoms with Crippen LogP contribution >= 0.6 is 0 Å². The highest BCUT2D eigenvalue weighted by Gasteiger charge is 2.12. The summed E-state index contributed by atoms with van der Waals surface area (Å²) in [4.78, 5) is 0. The van der Waals surface area contributed by atoms with Crippen molar-refractivity contribution in [3.63, 3.8) is 0 Å². The fourth-order valence-corrected chi connectivity index (χ4v) is 1.73. The number of benzene rings is 1. The normalized spacial score (nSPS) is 13.3. The van der Waals surface area contributed by atoms with Gasteiger partial charge in [0.05, 0.1) is 11.2 Å². The fraction of sp³-hybridized carbons (Fsp3) is 0.364.